The van der Waals surface area contributed by atoms with Crippen molar-refractivity contribution in [3.8, 4) is 0 Å². The Balaban J connectivity index is 0.00000529. The van der Waals surface area contributed by atoms with Gasteiger partial charge >= 0.3 is 17.1 Å². The summed E-state index contributed by atoms with van der Waals surface area (Å²) in [6, 6.07) is 6.85. The van der Waals surface area contributed by atoms with Gasteiger partial charge in [-0.1, -0.05) is 24.3 Å². The van der Waals surface area contributed by atoms with Crippen LogP contribution in [0.5, 0.6) is 0 Å². The van der Waals surface area contributed by atoms with Crippen molar-refractivity contribution in [2.24, 2.45) is 20.4 Å². The Bertz CT molecular complexity index is 670. The Morgan fingerprint density at radius 1 is 0.958 bits per heavy atom. The van der Waals surface area contributed by atoms with Crippen LogP contribution in [-0.2, 0) is 42.3 Å². The minimum absolute atomic E-state index is 0. The summed E-state index contributed by atoms with van der Waals surface area (Å²) in [7, 11) is 3.31. The second kappa shape index (κ2) is 11.6. The molecule has 1 aromatic rings. The molecule has 0 aliphatic rings. The van der Waals surface area contributed by atoms with Gasteiger partial charge in [-0.05, 0) is 17.3 Å². The first-order valence-electron chi connectivity index (χ1n) is 6.55. The van der Waals surface area contributed by atoms with Crippen LogP contribution in [0.1, 0.15) is 22.8 Å². The first-order chi connectivity index (χ1) is 11.0. The maximum atomic E-state index is 10.8. The first kappa shape index (κ1) is 22.1. The van der Waals surface area contributed by atoms with E-state index in [1.54, 1.807) is 45.3 Å². The largest absolute Gasteiger partial charge is 2.00 e. The van der Waals surface area contributed by atoms with Gasteiger partial charge < -0.3 is 35.9 Å². The van der Waals surface area contributed by atoms with E-state index in [2.05, 4.69) is 31.0 Å². The van der Waals surface area contributed by atoms with Crippen LogP contribution in [0.25, 0.3) is 0 Å². The van der Waals surface area contributed by atoms with E-state index in [0.29, 0.717) is 17.0 Å². The maximum absolute atomic E-state index is 10.8. The number of carbonyl (C=O) groups is 1. The van der Waals surface area contributed by atoms with Crippen molar-refractivity contribution < 1.29 is 21.9 Å². The fourth-order valence-corrected chi connectivity index (χ4v) is 1.50. The number of nitrogens with one attached hydrogen (secondary N) is 2. The van der Waals surface area contributed by atoms with Crippen molar-refractivity contribution in [3.63, 3.8) is 0 Å². The minimum Gasteiger partial charge on any atom is -0.741 e. The molecular weight excluding hydrogens is 396 g/mol. The van der Waals surface area contributed by atoms with Crippen molar-refractivity contribution in [2.75, 3.05) is 14.1 Å². The van der Waals surface area contributed by atoms with Gasteiger partial charge in [0.2, 0.25) is 0 Å². The van der Waals surface area contributed by atoms with Gasteiger partial charge in [0.25, 0.3) is 0 Å². The van der Waals surface area contributed by atoms with Crippen molar-refractivity contribution in [2.45, 2.75) is 6.92 Å². The van der Waals surface area contributed by atoms with Gasteiger partial charge in [-0.25, -0.2) is 0 Å². The number of benzene rings is 1. The number of aldehydes is 1. The fourth-order valence-electron chi connectivity index (χ4n) is 1.42. The number of hydrogen-bond acceptors (Lipinski definition) is 7. The number of amidine groups is 2. The second-order valence-corrected chi connectivity index (χ2v) is 4.96. The average molecular weight is 412 g/mol. The molecule has 0 spiro atoms. The molecule has 0 unspecified atom stereocenters. The van der Waals surface area contributed by atoms with E-state index in [1.165, 1.54) is 0 Å². The van der Waals surface area contributed by atoms with E-state index in [-0.39, 0.29) is 27.4 Å². The van der Waals surface area contributed by atoms with Crippen LogP contribution in [0.15, 0.2) is 44.7 Å². The molecular formula is C14H16CuN6OS2. The summed E-state index contributed by atoms with van der Waals surface area (Å²) in [6.45, 7) is 1.73. The Morgan fingerprint density at radius 3 is 1.92 bits per heavy atom. The minimum atomic E-state index is 0. The molecule has 0 aromatic heterocycles. The molecule has 0 aliphatic heterocycles. The Labute approximate surface area is 162 Å². The molecule has 2 N–H and O–H groups in total. The topological polar surface area (TPSA) is 90.6 Å². The van der Waals surface area contributed by atoms with E-state index in [0.717, 1.165) is 11.8 Å². The molecule has 1 rings (SSSR count). The SMILES string of the molecule is CN/C([S-])=N/N=C(C)/C(=N/N=C(\[S-])NC)c1ccc(C=O)cc1.[Cu+2]. The van der Waals surface area contributed by atoms with Crippen molar-refractivity contribution >= 4 is 53.3 Å². The summed E-state index contributed by atoms with van der Waals surface area (Å²) >= 11 is 9.87. The van der Waals surface area contributed by atoms with Crippen LogP contribution in [0, 0.1) is 0 Å². The monoisotopic (exact) mass is 411 g/mol. The molecule has 1 aromatic carbocycles. The average Bonchev–Trinajstić information content (AvgIpc) is 2.59. The van der Waals surface area contributed by atoms with Gasteiger partial charge in [0.15, 0.2) is 0 Å². The molecule has 7 nitrogen and oxygen atoms in total. The molecule has 0 aliphatic carbocycles. The molecule has 0 saturated carbocycles. The molecule has 131 valence electrons. The standard InChI is InChI=1S/C14H18N6OS2.Cu/c1-9(17-19-13(22)15-2)12(18-20-14(23)16-3)11-6-4-10(8-21)5-7-11;/h4-8H,1-3H3,(H2,15,19,22)(H2,16,20,23);/q;+2/p-2/b17-9+,18-12-;. The summed E-state index contributed by atoms with van der Waals surface area (Å²) in [6.07, 6.45) is 0.767. The molecule has 0 heterocycles. The number of carbonyl (C=O) groups excluding carboxylic acids is 1. The van der Waals surface area contributed by atoms with Gasteiger partial charge in [0.05, 0.1) is 5.71 Å². The van der Waals surface area contributed by atoms with E-state index in [1.807, 2.05) is 0 Å². The molecule has 0 atom stereocenters. The zero-order valence-corrected chi connectivity index (χ0v) is 15.8. The van der Waals surface area contributed by atoms with Crippen molar-refractivity contribution in [1.29, 1.82) is 0 Å². The Kier molecular flexibility index (Phi) is 10.7. The van der Waals surface area contributed by atoms with E-state index >= 15 is 0 Å². The van der Waals surface area contributed by atoms with Crippen LogP contribution in [0.3, 0.4) is 0 Å². The number of nitrogens with zero attached hydrogens (tertiary/aromatic N) is 4. The van der Waals surface area contributed by atoms with Crippen LogP contribution in [0.4, 0.5) is 0 Å². The van der Waals surface area contributed by atoms with E-state index in [9.17, 15) is 4.79 Å². The van der Waals surface area contributed by atoms with Crippen molar-refractivity contribution in [3.05, 3.63) is 35.4 Å². The van der Waals surface area contributed by atoms with Gasteiger partial charge in [-0.15, -0.1) is 5.10 Å². The second-order valence-electron chi connectivity index (χ2n) is 4.18. The number of hydrogen-bond donors (Lipinski definition) is 2. The van der Waals surface area contributed by atoms with Crippen LogP contribution < -0.4 is 10.6 Å². The first-order valence-corrected chi connectivity index (χ1v) is 7.36. The quantitative estimate of drug-likeness (QED) is 0.187. The van der Waals surface area contributed by atoms with Crippen molar-refractivity contribution in [1.82, 2.24) is 10.6 Å². The smallest absolute Gasteiger partial charge is 0.741 e. The van der Waals surface area contributed by atoms with Crippen LogP contribution >= 0.6 is 0 Å². The van der Waals surface area contributed by atoms with E-state index in [4.69, 9.17) is 25.3 Å². The normalized spacial score (nSPS) is 13.1. The summed E-state index contributed by atoms with van der Waals surface area (Å²) in [5.74, 6) is 0. The third-order valence-electron chi connectivity index (χ3n) is 2.62. The Hall–Kier alpha value is -1.87. The predicted octanol–water partition coefficient (Wildman–Crippen LogP) is 0.821. The molecule has 0 saturated heterocycles. The summed E-state index contributed by atoms with van der Waals surface area (Å²) in [5, 5.41) is 21.8. The van der Waals surface area contributed by atoms with Gasteiger partial charge in [-0.3, -0.25) is 4.79 Å². The number of rotatable bonds is 5. The molecule has 24 heavy (non-hydrogen) atoms. The van der Waals surface area contributed by atoms with Gasteiger partial charge in [0, 0.05) is 25.2 Å². The summed E-state index contributed by atoms with van der Waals surface area (Å²) in [4.78, 5) is 10.8. The predicted molar refractivity (Wildman–Crippen MR) is 99.2 cm³/mol. The summed E-state index contributed by atoms with van der Waals surface area (Å²) < 4.78 is 0. The zero-order valence-electron chi connectivity index (χ0n) is 13.2. The Morgan fingerprint density at radius 2 is 1.46 bits per heavy atom. The molecule has 1 radical (unpaired) electrons. The maximum Gasteiger partial charge on any atom is 2.00 e. The molecule has 0 amide bonds. The van der Waals surface area contributed by atoms with Gasteiger partial charge in [-0.2, -0.15) is 15.3 Å². The van der Waals surface area contributed by atoms with Gasteiger partial charge in [0.1, 0.15) is 12.0 Å². The van der Waals surface area contributed by atoms with Crippen LogP contribution in [0.2, 0.25) is 0 Å². The zero-order chi connectivity index (χ0) is 17.2. The molecule has 0 bridgehead atoms. The molecule has 0 fully saturated rings. The van der Waals surface area contributed by atoms with E-state index < -0.39 is 0 Å². The third kappa shape index (κ3) is 7.14. The molecule has 10 heteroatoms. The van der Waals surface area contributed by atoms with Crippen LogP contribution in [-0.4, -0.2) is 42.1 Å². The summed E-state index contributed by atoms with van der Waals surface area (Å²) in [5.41, 5.74) is 2.27. The fraction of sp³-hybridized carbons (Fsp3) is 0.214. The third-order valence-corrected chi connectivity index (χ3v) is 3.19.